The molecule has 2 amide bonds. The number of para-hydroxylation sites is 2. The molecule has 1 unspecified atom stereocenters. The second-order valence-corrected chi connectivity index (χ2v) is 7.16. The van der Waals surface area contributed by atoms with Crippen molar-refractivity contribution in [2.45, 2.75) is 6.10 Å². The van der Waals surface area contributed by atoms with Gasteiger partial charge in [0.25, 0.3) is 0 Å². The van der Waals surface area contributed by atoms with Gasteiger partial charge in [-0.3, -0.25) is 4.90 Å². The van der Waals surface area contributed by atoms with E-state index in [1.807, 2.05) is 36.4 Å². The summed E-state index contributed by atoms with van der Waals surface area (Å²) in [6.07, 6.45) is 0.0223. The molecule has 2 aliphatic heterocycles. The number of amides is 2. The lowest BCUT2D eigenvalue weighted by molar-refractivity contribution is 0.0571. The average Bonchev–Trinajstić information content (AvgIpc) is 2.74. The molecule has 154 valence electrons. The highest BCUT2D eigenvalue weighted by atomic mass is 16.6. The molecule has 8 nitrogen and oxygen atoms in total. The largest absolute Gasteiger partial charge is 0.495 e. The maximum Gasteiger partial charge on any atom is 0.316 e. The van der Waals surface area contributed by atoms with E-state index in [4.69, 9.17) is 19.9 Å². The van der Waals surface area contributed by atoms with Gasteiger partial charge in [0.05, 0.1) is 12.8 Å². The first kappa shape index (κ1) is 19.2. The topological polar surface area (TPSA) is 89.3 Å². The summed E-state index contributed by atoms with van der Waals surface area (Å²) in [6.45, 7) is 4.88. The van der Waals surface area contributed by atoms with Gasteiger partial charge in [0.15, 0.2) is 11.5 Å². The molecule has 1 saturated heterocycles. The summed E-state index contributed by atoms with van der Waals surface area (Å²) < 4.78 is 17.4. The van der Waals surface area contributed by atoms with Crippen LogP contribution in [0.4, 0.5) is 16.2 Å². The van der Waals surface area contributed by atoms with Crippen molar-refractivity contribution in [2.24, 2.45) is 5.73 Å². The van der Waals surface area contributed by atoms with E-state index in [2.05, 4.69) is 15.1 Å². The van der Waals surface area contributed by atoms with Crippen LogP contribution in [-0.2, 0) is 0 Å². The van der Waals surface area contributed by atoms with Gasteiger partial charge >= 0.3 is 6.03 Å². The summed E-state index contributed by atoms with van der Waals surface area (Å²) in [5.74, 6) is 2.39. The first-order valence-electron chi connectivity index (χ1n) is 9.72. The minimum Gasteiger partial charge on any atom is -0.495 e. The third-order valence-electron chi connectivity index (χ3n) is 5.19. The fraction of sp³-hybridized carbons (Fsp3) is 0.381. The summed E-state index contributed by atoms with van der Waals surface area (Å²) >= 11 is 0. The smallest absolute Gasteiger partial charge is 0.316 e. The van der Waals surface area contributed by atoms with Crippen LogP contribution in [-0.4, -0.2) is 63.5 Å². The van der Waals surface area contributed by atoms with E-state index < -0.39 is 6.03 Å². The quantitative estimate of drug-likeness (QED) is 0.802. The zero-order chi connectivity index (χ0) is 20.2. The number of nitrogens with one attached hydrogen (secondary N) is 1. The van der Waals surface area contributed by atoms with Gasteiger partial charge in [-0.15, -0.1) is 0 Å². The van der Waals surface area contributed by atoms with Gasteiger partial charge in [0.2, 0.25) is 0 Å². The molecule has 0 spiro atoms. The number of ether oxygens (including phenoxy) is 3. The van der Waals surface area contributed by atoms with Gasteiger partial charge < -0.3 is 30.2 Å². The fourth-order valence-electron chi connectivity index (χ4n) is 3.77. The van der Waals surface area contributed by atoms with E-state index in [1.54, 1.807) is 13.2 Å². The molecule has 1 atom stereocenters. The van der Waals surface area contributed by atoms with E-state index in [0.717, 1.165) is 55.7 Å². The van der Waals surface area contributed by atoms with Crippen molar-refractivity contribution in [3.63, 3.8) is 0 Å². The van der Waals surface area contributed by atoms with Crippen LogP contribution < -0.4 is 30.2 Å². The number of hydrogen-bond donors (Lipinski definition) is 2. The van der Waals surface area contributed by atoms with E-state index in [0.29, 0.717) is 12.3 Å². The molecule has 2 heterocycles. The van der Waals surface area contributed by atoms with Gasteiger partial charge in [-0.25, -0.2) is 4.79 Å². The van der Waals surface area contributed by atoms with Crippen LogP contribution in [0.1, 0.15) is 0 Å². The molecule has 0 saturated carbocycles. The monoisotopic (exact) mass is 398 g/mol. The number of urea groups is 1. The molecular formula is C21H26N4O4. The Morgan fingerprint density at radius 3 is 2.66 bits per heavy atom. The van der Waals surface area contributed by atoms with Crippen LogP contribution in [0.3, 0.4) is 0 Å². The summed E-state index contributed by atoms with van der Waals surface area (Å²) in [6, 6.07) is 12.7. The molecular weight excluding hydrogens is 372 g/mol. The Balaban J connectivity index is 1.35. The zero-order valence-electron chi connectivity index (χ0n) is 16.5. The van der Waals surface area contributed by atoms with Crippen LogP contribution in [0.15, 0.2) is 42.5 Å². The van der Waals surface area contributed by atoms with Crippen LogP contribution >= 0.6 is 0 Å². The summed E-state index contributed by atoms with van der Waals surface area (Å²) in [5.41, 5.74) is 6.84. The van der Waals surface area contributed by atoms with Crippen LogP contribution in [0.25, 0.3) is 0 Å². The Morgan fingerprint density at radius 2 is 1.93 bits per heavy atom. The molecule has 0 radical (unpaired) electrons. The highest BCUT2D eigenvalue weighted by Gasteiger charge is 2.26. The number of benzene rings is 2. The van der Waals surface area contributed by atoms with Crippen molar-refractivity contribution in [3.8, 4) is 17.2 Å². The van der Waals surface area contributed by atoms with Gasteiger partial charge in [-0.05, 0) is 30.3 Å². The van der Waals surface area contributed by atoms with Gasteiger partial charge in [0.1, 0.15) is 18.5 Å². The van der Waals surface area contributed by atoms with E-state index in [1.165, 1.54) is 0 Å². The van der Waals surface area contributed by atoms with Crippen molar-refractivity contribution >= 4 is 17.4 Å². The summed E-state index contributed by atoms with van der Waals surface area (Å²) in [5, 5.41) is 2.62. The predicted molar refractivity (Wildman–Crippen MR) is 111 cm³/mol. The third-order valence-corrected chi connectivity index (χ3v) is 5.19. The first-order chi connectivity index (χ1) is 14.1. The Morgan fingerprint density at radius 1 is 1.17 bits per heavy atom. The number of carbonyl (C=O) groups excluding carboxylic acids is 1. The molecule has 0 bridgehead atoms. The minimum atomic E-state index is -0.581. The highest BCUT2D eigenvalue weighted by molar-refractivity contribution is 5.89. The van der Waals surface area contributed by atoms with Crippen molar-refractivity contribution in [3.05, 3.63) is 42.5 Å². The second-order valence-electron chi connectivity index (χ2n) is 7.16. The minimum absolute atomic E-state index is 0.0223. The number of rotatable bonds is 5. The lowest BCUT2D eigenvalue weighted by Gasteiger charge is -2.38. The third kappa shape index (κ3) is 4.48. The lowest BCUT2D eigenvalue weighted by atomic mass is 10.2. The Labute approximate surface area is 170 Å². The van der Waals surface area contributed by atoms with Crippen LogP contribution in [0, 0.1) is 0 Å². The molecule has 4 rings (SSSR count). The predicted octanol–water partition coefficient (Wildman–Crippen LogP) is 2.15. The molecule has 1 fully saturated rings. The van der Waals surface area contributed by atoms with Crippen molar-refractivity contribution in [1.29, 1.82) is 0 Å². The molecule has 0 aromatic heterocycles. The molecule has 0 aliphatic carbocycles. The standard InChI is InChI=1S/C21H26N4O4/c1-27-18-7-6-15(23-21(22)26)12-17(18)25-10-8-24(9-11-25)13-16-14-28-19-4-2-3-5-20(19)29-16/h2-7,12,16H,8-11,13-14H2,1H3,(H3,22,23,26). The maximum absolute atomic E-state index is 11.2. The Hall–Kier alpha value is -3.13. The molecule has 8 heteroatoms. The molecule has 2 aromatic rings. The van der Waals surface area contributed by atoms with Gasteiger partial charge in [-0.1, -0.05) is 12.1 Å². The highest BCUT2D eigenvalue weighted by Crippen LogP contribution is 2.33. The molecule has 29 heavy (non-hydrogen) atoms. The zero-order valence-corrected chi connectivity index (χ0v) is 16.5. The van der Waals surface area contributed by atoms with Crippen LogP contribution in [0.2, 0.25) is 0 Å². The second kappa shape index (κ2) is 8.48. The molecule has 3 N–H and O–H groups in total. The fourth-order valence-corrected chi connectivity index (χ4v) is 3.77. The number of fused-ring (bicyclic) bond motifs is 1. The van der Waals surface area contributed by atoms with E-state index in [-0.39, 0.29) is 6.10 Å². The van der Waals surface area contributed by atoms with Crippen LogP contribution in [0.5, 0.6) is 17.2 Å². The summed E-state index contributed by atoms with van der Waals surface area (Å²) in [7, 11) is 1.65. The number of anilines is 2. The lowest BCUT2D eigenvalue weighted by Crippen LogP contribution is -2.50. The number of hydrogen-bond acceptors (Lipinski definition) is 6. The number of piperazine rings is 1. The van der Waals surface area contributed by atoms with Crippen molar-refractivity contribution in [1.82, 2.24) is 4.90 Å². The van der Waals surface area contributed by atoms with Gasteiger partial charge in [-0.2, -0.15) is 0 Å². The first-order valence-corrected chi connectivity index (χ1v) is 9.72. The van der Waals surface area contributed by atoms with Crippen molar-refractivity contribution < 1.29 is 19.0 Å². The number of primary amides is 1. The molecule has 2 aliphatic rings. The van der Waals surface area contributed by atoms with E-state index >= 15 is 0 Å². The number of nitrogens with two attached hydrogens (primary N) is 1. The Bertz CT molecular complexity index is 868. The number of carbonyl (C=O) groups is 1. The SMILES string of the molecule is COc1ccc(NC(N)=O)cc1N1CCN(CC2COc3ccccc3O2)CC1. The van der Waals surface area contributed by atoms with Gasteiger partial charge in [0, 0.05) is 38.4 Å². The Kier molecular flexibility index (Phi) is 5.62. The van der Waals surface area contributed by atoms with Crippen molar-refractivity contribution in [2.75, 3.05) is 56.7 Å². The maximum atomic E-state index is 11.2. The number of methoxy groups -OCH3 is 1. The number of nitrogens with zero attached hydrogens (tertiary/aromatic N) is 2. The van der Waals surface area contributed by atoms with E-state index in [9.17, 15) is 4.79 Å². The normalized spacial score (nSPS) is 18.9. The molecule has 2 aromatic carbocycles. The summed E-state index contributed by atoms with van der Waals surface area (Å²) in [4.78, 5) is 15.8. The average molecular weight is 398 g/mol.